The van der Waals surface area contributed by atoms with E-state index < -0.39 is 0 Å². The van der Waals surface area contributed by atoms with E-state index in [2.05, 4.69) is 19.7 Å². The van der Waals surface area contributed by atoms with Crippen molar-refractivity contribution in [3.05, 3.63) is 47.6 Å². The van der Waals surface area contributed by atoms with Gasteiger partial charge in [0.1, 0.15) is 5.82 Å². The molecule has 0 fully saturated rings. The molecule has 0 spiro atoms. The molecular formula is C16H16N4OS. The van der Waals surface area contributed by atoms with Gasteiger partial charge < -0.3 is 10.1 Å². The average molecular weight is 312 g/mol. The smallest absolute Gasteiger partial charge is 0.174 e. The van der Waals surface area contributed by atoms with Gasteiger partial charge in [-0.05, 0) is 49.6 Å². The van der Waals surface area contributed by atoms with Crippen molar-refractivity contribution in [2.24, 2.45) is 0 Å². The van der Waals surface area contributed by atoms with Crippen molar-refractivity contribution in [1.29, 1.82) is 0 Å². The highest BCUT2D eigenvalue weighted by molar-refractivity contribution is 7.03. The van der Waals surface area contributed by atoms with Gasteiger partial charge in [-0.15, -0.1) is 0 Å². The summed E-state index contributed by atoms with van der Waals surface area (Å²) in [6.45, 7) is 4.47. The summed E-state index contributed by atoms with van der Waals surface area (Å²) >= 11 is 1.42. The summed E-state index contributed by atoms with van der Waals surface area (Å²) in [6, 6.07) is 9.72. The molecule has 1 N–H and O–H groups in total. The molecule has 0 aliphatic carbocycles. The molecule has 0 amide bonds. The number of anilines is 2. The zero-order valence-corrected chi connectivity index (χ0v) is 13.2. The first kappa shape index (κ1) is 14.5. The Labute approximate surface area is 133 Å². The third-order valence-corrected chi connectivity index (χ3v) is 3.58. The molecule has 3 aromatic heterocycles. The quantitative estimate of drug-likeness (QED) is 0.770. The molecule has 0 aliphatic rings. The van der Waals surface area contributed by atoms with Crippen LogP contribution in [0.2, 0.25) is 0 Å². The Bertz CT molecular complexity index is 759. The molecule has 0 saturated heterocycles. The van der Waals surface area contributed by atoms with Crippen LogP contribution < -0.4 is 10.1 Å². The maximum atomic E-state index is 5.70. The summed E-state index contributed by atoms with van der Waals surface area (Å²) in [5, 5.41) is 5.15. The van der Waals surface area contributed by atoms with Crippen LogP contribution >= 0.6 is 11.5 Å². The lowest BCUT2D eigenvalue weighted by Crippen LogP contribution is -2.02. The van der Waals surface area contributed by atoms with Crippen LogP contribution in [0.1, 0.15) is 12.6 Å². The Hall–Kier alpha value is -2.47. The number of aromatic nitrogens is 3. The summed E-state index contributed by atoms with van der Waals surface area (Å²) in [7, 11) is 0. The summed E-state index contributed by atoms with van der Waals surface area (Å²) in [5.41, 5.74) is 2.79. The SMILES string of the molecule is CCOc1cc(-c2ccsn2)cnc1Nc1cccc(C)n1. The standard InChI is InChI=1S/C16H16N4OS/c1-3-21-14-9-12(13-7-8-22-20-13)10-17-16(14)19-15-6-4-5-11(2)18-15/h4-10H,3H2,1-2H3,(H,17,18,19). The van der Waals surface area contributed by atoms with E-state index >= 15 is 0 Å². The lowest BCUT2D eigenvalue weighted by molar-refractivity contribution is 0.341. The minimum absolute atomic E-state index is 0.568. The Morgan fingerprint density at radius 3 is 2.91 bits per heavy atom. The first-order valence-corrected chi connectivity index (χ1v) is 7.84. The Morgan fingerprint density at radius 1 is 1.27 bits per heavy atom. The van der Waals surface area contributed by atoms with Gasteiger partial charge in [0.2, 0.25) is 0 Å². The highest BCUT2D eigenvalue weighted by atomic mass is 32.1. The first-order chi connectivity index (χ1) is 10.8. The number of ether oxygens (including phenoxy) is 1. The van der Waals surface area contributed by atoms with Crippen LogP contribution in [0.25, 0.3) is 11.3 Å². The molecule has 112 valence electrons. The van der Waals surface area contributed by atoms with Gasteiger partial charge in [-0.25, -0.2) is 9.97 Å². The van der Waals surface area contributed by atoms with Gasteiger partial charge in [-0.2, -0.15) is 4.37 Å². The molecular weight excluding hydrogens is 296 g/mol. The fraction of sp³-hybridized carbons (Fsp3) is 0.188. The van der Waals surface area contributed by atoms with Crippen LogP contribution in [0.3, 0.4) is 0 Å². The zero-order chi connectivity index (χ0) is 15.4. The molecule has 5 nitrogen and oxygen atoms in total. The molecule has 0 bridgehead atoms. The third kappa shape index (κ3) is 3.23. The number of nitrogens with zero attached hydrogens (tertiary/aromatic N) is 3. The zero-order valence-electron chi connectivity index (χ0n) is 12.4. The fourth-order valence-corrected chi connectivity index (χ4v) is 2.57. The van der Waals surface area contributed by atoms with Gasteiger partial charge in [0.05, 0.1) is 12.3 Å². The van der Waals surface area contributed by atoms with Crippen LogP contribution in [0, 0.1) is 6.92 Å². The Morgan fingerprint density at radius 2 is 2.18 bits per heavy atom. The second-order valence-electron chi connectivity index (χ2n) is 4.68. The topological polar surface area (TPSA) is 59.9 Å². The van der Waals surface area contributed by atoms with E-state index in [1.165, 1.54) is 11.5 Å². The predicted molar refractivity (Wildman–Crippen MR) is 88.8 cm³/mol. The summed E-state index contributed by atoms with van der Waals surface area (Å²) in [4.78, 5) is 8.89. The maximum Gasteiger partial charge on any atom is 0.174 e. The second kappa shape index (κ2) is 6.53. The van der Waals surface area contributed by atoms with Crippen LogP contribution in [0.4, 0.5) is 11.6 Å². The van der Waals surface area contributed by atoms with Gasteiger partial charge in [0, 0.05) is 22.8 Å². The van der Waals surface area contributed by atoms with Gasteiger partial charge in [0.15, 0.2) is 11.6 Å². The Kier molecular flexibility index (Phi) is 4.29. The van der Waals surface area contributed by atoms with E-state index in [9.17, 15) is 0 Å². The molecule has 0 radical (unpaired) electrons. The van der Waals surface area contributed by atoms with E-state index in [1.807, 2.05) is 49.6 Å². The van der Waals surface area contributed by atoms with Gasteiger partial charge >= 0.3 is 0 Å². The molecule has 22 heavy (non-hydrogen) atoms. The minimum atomic E-state index is 0.568. The minimum Gasteiger partial charge on any atom is -0.490 e. The van der Waals surface area contributed by atoms with Crippen LogP contribution in [0.5, 0.6) is 5.75 Å². The van der Waals surface area contributed by atoms with E-state index in [1.54, 1.807) is 6.20 Å². The third-order valence-electron chi connectivity index (χ3n) is 3.02. The summed E-state index contributed by atoms with van der Waals surface area (Å²) in [5.74, 6) is 2.09. The van der Waals surface area contributed by atoms with E-state index in [4.69, 9.17) is 4.74 Å². The van der Waals surface area contributed by atoms with Gasteiger partial charge in [-0.1, -0.05) is 6.07 Å². The van der Waals surface area contributed by atoms with E-state index in [-0.39, 0.29) is 0 Å². The highest BCUT2D eigenvalue weighted by Crippen LogP contribution is 2.30. The normalized spacial score (nSPS) is 10.5. The highest BCUT2D eigenvalue weighted by Gasteiger charge is 2.10. The van der Waals surface area contributed by atoms with Crippen molar-refractivity contribution in [2.75, 3.05) is 11.9 Å². The van der Waals surface area contributed by atoms with Crippen molar-refractivity contribution in [3.8, 4) is 17.0 Å². The predicted octanol–water partition coefficient (Wildman–Crippen LogP) is 4.05. The van der Waals surface area contributed by atoms with Crippen LogP contribution in [0.15, 0.2) is 41.9 Å². The average Bonchev–Trinajstić information content (AvgIpc) is 3.04. The lowest BCUT2D eigenvalue weighted by atomic mass is 10.2. The number of nitrogens with one attached hydrogen (secondary N) is 1. The maximum absolute atomic E-state index is 5.70. The van der Waals surface area contributed by atoms with Crippen molar-refractivity contribution in [2.45, 2.75) is 13.8 Å². The lowest BCUT2D eigenvalue weighted by Gasteiger charge is -2.12. The van der Waals surface area contributed by atoms with Crippen LogP contribution in [-0.2, 0) is 0 Å². The molecule has 3 aromatic rings. The molecule has 0 saturated carbocycles. The monoisotopic (exact) mass is 312 g/mol. The van der Waals surface area contributed by atoms with Crippen molar-refractivity contribution < 1.29 is 4.74 Å². The number of rotatable bonds is 5. The molecule has 3 heterocycles. The van der Waals surface area contributed by atoms with Crippen molar-refractivity contribution in [3.63, 3.8) is 0 Å². The Balaban J connectivity index is 1.93. The molecule has 6 heteroatoms. The van der Waals surface area contributed by atoms with Gasteiger partial charge in [0.25, 0.3) is 0 Å². The molecule has 0 aromatic carbocycles. The molecule has 0 unspecified atom stereocenters. The molecule has 3 rings (SSSR count). The number of hydrogen-bond acceptors (Lipinski definition) is 6. The first-order valence-electron chi connectivity index (χ1n) is 7.00. The summed E-state index contributed by atoms with van der Waals surface area (Å²) in [6.07, 6.45) is 1.79. The number of pyridine rings is 2. The fourth-order valence-electron chi connectivity index (χ4n) is 2.04. The molecule has 0 atom stereocenters. The summed E-state index contributed by atoms with van der Waals surface area (Å²) < 4.78 is 10.0. The van der Waals surface area contributed by atoms with E-state index in [0.717, 1.165) is 22.8 Å². The molecule has 0 aliphatic heterocycles. The van der Waals surface area contributed by atoms with Crippen molar-refractivity contribution in [1.82, 2.24) is 14.3 Å². The number of aryl methyl sites for hydroxylation is 1. The van der Waals surface area contributed by atoms with Gasteiger partial charge in [-0.3, -0.25) is 0 Å². The van der Waals surface area contributed by atoms with Crippen LogP contribution in [-0.4, -0.2) is 20.9 Å². The van der Waals surface area contributed by atoms with Crippen molar-refractivity contribution >= 4 is 23.2 Å². The van der Waals surface area contributed by atoms with E-state index in [0.29, 0.717) is 18.2 Å². The second-order valence-corrected chi connectivity index (χ2v) is 5.34. The number of hydrogen-bond donors (Lipinski definition) is 1. The largest absolute Gasteiger partial charge is 0.490 e.